The van der Waals surface area contributed by atoms with Crippen LogP contribution in [0.25, 0.3) is 0 Å². The van der Waals surface area contributed by atoms with E-state index in [4.69, 9.17) is 9.90 Å². The van der Waals surface area contributed by atoms with E-state index in [2.05, 4.69) is 9.88 Å². The van der Waals surface area contributed by atoms with E-state index in [1.807, 2.05) is 23.5 Å². The Hall–Kier alpha value is -1.68. The van der Waals surface area contributed by atoms with Crippen LogP contribution in [0.4, 0.5) is 13.2 Å². The van der Waals surface area contributed by atoms with Crippen LogP contribution >= 0.6 is 11.3 Å². The number of aliphatic carboxylic acids is 1. The molecular formula is C15H20F3N3O3S. The number of carbonyl (C=O) groups is 2. The molecule has 25 heavy (non-hydrogen) atoms. The standard InChI is InChI=1S/C13H19N3OS.C2HF3O2/c1-15-6-2-13(12(15)17)3-7-16(8-4-13)10-11-14-5-9-18-11;3-2(4,5)1(6)7/h5,9H,2-4,6-8,10H2,1H3;(H,6,7). The normalized spacial score (nSPS) is 20.5. The Morgan fingerprint density at radius 3 is 2.28 bits per heavy atom. The molecule has 3 rings (SSSR count). The Bertz CT molecular complexity index is 599. The van der Waals surface area contributed by atoms with Crippen LogP contribution in [-0.4, -0.2) is 64.6 Å². The summed E-state index contributed by atoms with van der Waals surface area (Å²) in [5.41, 5.74) is -0.0336. The summed E-state index contributed by atoms with van der Waals surface area (Å²) < 4.78 is 31.7. The fourth-order valence-corrected chi connectivity index (χ4v) is 3.78. The van der Waals surface area contributed by atoms with Gasteiger partial charge in [-0.3, -0.25) is 9.69 Å². The number of alkyl halides is 3. The van der Waals surface area contributed by atoms with Crippen LogP contribution in [0.5, 0.6) is 0 Å². The molecule has 0 unspecified atom stereocenters. The summed E-state index contributed by atoms with van der Waals surface area (Å²) in [5, 5.41) is 10.3. The first-order valence-corrected chi connectivity index (χ1v) is 8.68. The maximum atomic E-state index is 12.2. The summed E-state index contributed by atoms with van der Waals surface area (Å²) in [6.07, 6.45) is -0.141. The fraction of sp³-hybridized carbons (Fsp3) is 0.667. The zero-order chi connectivity index (χ0) is 18.7. The Morgan fingerprint density at radius 2 is 1.88 bits per heavy atom. The van der Waals surface area contributed by atoms with Crippen LogP contribution in [0.15, 0.2) is 11.6 Å². The average molecular weight is 379 g/mol. The summed E-state index contributed by atoms with van der Waals surface area (Å²) in [6.45, 7) is 3.93. The molecule has 0 aliphatic carbocycles. The van der Waals surface area contributed by atoms with Crippen molar-refractivity contribution in [2.24, 2.45) is 5.41 Å². The van der Waals surface area contributed by atoms with Crippen LogP contribution in [0, 0.1) is 5.41 Å². The zero-order valence-corrected chi connectivity index (χ0v) is 14.6. The quantitative estimate of drug-likeness (QED) is 0.853. The Balaban J connectivity index is 0.000000277. The monoisotopic (exact) mass is 379 g/mol. The van der Waals surface area contributed by atoms with E-state index in [1.165, 1.54) is 5.01 Å². The number of likely N-dealkylation sites (tertiary alicyclic amines) is 2. The van der Waals surface area contributed by atoms with Crippen LogP contribution in [0.2, 0.25) is 0 Å². The van der Waals surface area contributed by atoms with Crippen molar-refractivity contribution in [2.75, 3.05) is 26.7 Å². The molecular weight excluding hydrogens is 359 g/mol. The van der Waals surface area contributed by atoms with E-state index in [9.17, 15) is 18.0 Å². The first-order valence-electron chi connectivity index (χ1n) is 7.80. The van der Waals surface area contributed by atoms with Crippen molar-refractivity contribution < 1.29 is 27.9 Å². The number of rotatable bonds is 2. The van der Waals surface area contributed by atoms with Crippen LogP contribution in [0.3, 0.4) is 0 Å². The maximum absolute atomic E-state index is 12.2. The minimum absolute atomic E-state index is 0.0336. The molecule has 6 nitrogen and oxygen atoms in total. The Labute approximate surface area is 147 Å². The molecule has 0 radical (unpaired) electrons. The molecule has 3 heterocycles. The van der Waals surface area contributed by atoms with Gasteiger partial charge in [0.05, 0.1) is 12.0 Å². The van der Waals surface area contributed by atoms with Crippen LogP contribution in [0.1, 0.15) is 24.3 Å². The highest BCUT2D eigenvalue weighted by Crippen LogP contribution is 2.41. The van der Waals surface area contributed by atoms with Gasteiger partial charge >= 0.3 is 12.1 Å². The SMILES string of the molecule is CN1CCC2(CCN(Cc3nccs3)CC2)C1=O.O=C(O)C(F)(F)F. The van der Waals surface area contributed by atoms with E-state index in [1.54, 1.807) is 11.3 Å². The van der Waals surface area contributed by atoms with Gasteiger partial charge in [-0.25, -0.2) is 9.78 Å². The highest BCUT2D eigenvalue weighted by atomic mass is 32.1. The van der Waals surface area contributed by atoms with Crippen molar-refractivity contribution in [3.8, 4) is 0 Å². The number of thiazole rings is 1. The van der Waals surface area contributed by atoms with Gasteiger partial charge in [0, 0.05) is 25.2 Å². The van der Waals surface area contributed by atoms with Crippen molar-refractivity contribution in [1.82, 2.24) is 14.8 Å². The number of hydrogen-bond acceptors (Lipinski definition) is 5. The molecule has 2 saturated heterocycles. The minimum Gasteiger partial charge on any atom is -0.475 e. The minimum atomic E-state index is -5.08. The van der Waals surface area contributed by atoms with E-state index in [-0.39, 0.29) is 5.41 Å². The summed E-state index contributed by atoms with van der Waals surface area (Å²) in [4.78, 5) is 29.8. The Morgan fingerprint density at radius 1 is 1.32 bits per heavy atom. The number of hydrogen-bond donors (Lipinski definition) is 1. The van der Waals surface area contributed by atoms with Gasteiger partial charge in [-0.1, -0.05) is 0 Å². The molecule has 2 aliphatic heterocycles. The van der Waals surface area contributed by atoms with Gasteiger partial charge in [-0.2, -0.15) is 13.2 Å². The predicted octanol–water partition coefficient (Wildman–Crippen LogP) is 2.22. The lowest BCUT2D eigenvalue weighted by molar-refractivity contribution is -0.192. The van der Waals surface area contributed by atoms with Crippen molar-refractivity contribution in [2.45, 2.75) is 32.0 Å². The number of carboxylic acid groups (broad SMARTS) is 1. The Kier molecular flexibility index (Phi) is 6.04. The predicted molar refractivity (Wildman–Crippen MR) is 85.0 cm³/mol. The van der Waals surface area contributed by atoms with Gasteiger partial charge < -0.3 is 10.0 Å². The van der Waals surface area contributed by atoms with Gasteiger partial charge in [-0.15, -0.1) is 11.3 Å². The van der Waals surface area contributed by atoms with Gasteiger partial charge in [0.25, 0.3) is 0 Å². The average Bonchev–Trinajstić information content (AvgIpc) is 3.14. The fourth-order valence-electron chi connectivity index (χ4n) is 3.12. The third-order valence-electron chi connectivity index (χ3n) is 4.62. The second-order valence-electron chi connectivity index (χ2n) is 6.26. The number of carboxylic acids is 1. The smallest absolute Gasteiger partial charge is 0.475 e. The third kappa shape index (κ3) is 4.91. The van der Waals surface area contributed by atoms with Crippen LogP contribution in [-0.2, 0) is 16.1 Å². The second kappa shape index (κ2) is 7.69. The third-order valence-corrected chi connectivity index (χ3v) is 5.39. The number of piperidine rings is 1. The summed E-state index contributed by atoms with van der Waals surface area (Å²) >= 11 is 1.71. The number of halogens is 3. The van der Waals surface area contributed by atoms with E-state index in [0.29, 0.717) is 5.91 Å². The second-order valence-corrected chi connectivity index (χ2v) is 7.24. The van der Waals surface area contributed by atoms with Crippen molar-refractivity contribution in [3.63, 3.8) is 0 Å². The number of amides is 1. The van der Waals surface area contributed by atoms with Gasteiger partial charge in [0.2, 0.25) is 5.91 Å². The van der Waals surface area contributed by atoms with Crippen molar-refractivity contribution >= 4 is 23.2 Å². The number of aromatic nitrogens is 1. The molecule has 0 saturated carbocycles. The van der Waals surface area contributed by atoms with E-state index < -0.39 is 12.1 Å². The molecule has 2 fully saturated rings. The van der Waals surface area contributed by atoms with Crippen molar-refractivity contribution in [3.05, 3.63) is 16.6 Å². The first kappa shape index (κ1) is 19.6. The molecule has 1 amide bonds. The molecule has 1 N–H and O–H groups in total. The van der Waals surface area contributed by atoms with Crippen molar-refractivity contribution in [1.29, 1.82) is 0 Å². The number of nitrogens with zero attached hydrogens (tertiary/aromatic N) is 3. The molecule has 2 aliphatic rings. The molecule has 0 bridgehead atoms. The summed E-state index contributed by atoms with van der Waals surface area (Å²) in [6, 6.07) is 0. The van der Waals surface area contributed by atoms with E-state index >= 15 is 0 Å². The largest absolute Gasteiger partial charge is 0.490 e. The maximum Gasteiger partial charge on any atom is 0.490 e. The highest BCUT2D eigenvalue weighted by molar-refractivity contribution is 7.09. The van der Waals surface area contributed by atoms with Gasteiger partial charge in [0.15, 0.2) is 0 Å². The first-order chi connectivity index (χ1) is 11.6. The van der Waals surface area contributed by atoms with Gasteiger partial charge in [-0.05, 0) is 32.4 Å². The molecule has 1 spiro atoms. The molecule has 140 valence electrons. The molecule has 0 atom stereocenters. The van der Waals surface area contributed by atoms with E-state index in [0.717, 1.165) is 45.4 Å². The molecule has 1 aromatic heterocycles. The number of carbonyl (C=O) groups excluding carboxylic acids is 1. The molecule has 0 aromatic carbocycles. The lowest BCUT2D eigenvalue weighted by atomic mass is 9.77. The van der Waals surface area contributed by atoms with Gasteiger partial charge in [0.1, 0.15) is 5.01 Å². The highest BCUT2D eigenvalue weighted by Gasteiger charge is 2.46. The van der Waals surface area contributed by atoms with Crippen LogP contribution < -0.4 is 0 Å². The lowest BCUT2D eigenvalue weighted by Crippen LogP contribution is -2.43. The zero-order valence-electron chi connectivity index (χ0n) is 13.8. The lowest BCUT2D eigenvalue weighted by Gasteiger charge is -2.37. The summed E-state index contributed by atoms with van der Waals surface area (Å²) in [7, 11) is 1.93. The summed E-state index contributed by atoms with van der Waals surface area (Å²) in [5.74, 6) is -2.39. The topological polar surface area (TPSA) is 73.7 Å². The molecule has 1 aromatic rings. The molecule has 10 heteroatoms.